The fourth-order valence-corrected chi connectivity index (χ4v) is 11.8. The van der Waals surface area contributed by atoms with Gasteiger partial charge < -0.3 is 52.1 Å². The van der Waals surface area contributed by atoms with Gasteiger partial charge in [0.05, 0.1) is 18.3 Å². The van der Waals surface area contributed by atoms with E-state index in [4.69, 9.17) is 36.1 Å². The fourth-order valence-electron chi connectivity index (χ4n) is 11.8. The Morgan fingerprint density at radius 1 is 0.732 bits per heavy atom. The molecule has 1 unspecified atom stereocenters. The van der Waals surface area contributed by atoms with Gasteiger partial charge in [-0.05, 0) is 204 Å². The highest BCUT2D eigenvalue weighted by Gasteiger charge is 2.66. The summed E-state index contributed by atoms with van der Waals surface area (Å²) in [7, 11) is 0. The first-order valence-electron chi connectivity index (χ1n) is 23.2. The minimum Gasteiger partial charge on any atom is -0.444 e. The van der Waals surface area contributed by atoms with Crippen molar-refractivity contribution in [2.24, 2.45) is 63.5 Å². The van der Waals surface area contributed by atoms with E-state index in [1.807, 2.05) is 20.8 Å². The topological polar surface area (TPSA) is 168 Å². The van der Waals surface area contributed by atoms with Crippen LogP contribution in [-0.2, 0) is 18.9 Å². The second kappa shape index (κ2) is 23.7. The Morgan fingerprint density at radius 2 is 1.36 bits per heavy atom. The summed E-state index contributed by atoms with van der Waals surface area (Å²) >= 11 is 0. The summed E-state index contributed by atoms with van der Waals surface area (Å²) < 4.78 is 25.7. The monoisotopic (exact) mass is 793 g/mol. The van der Waals surface area contributed by atoms with Gasteiger partial charge in [-0.1, -0.05) is 20.8 Å². The maximum Gasteiger partial charge on any atom is 0.407 e. The van der Waals surface area contributed by atoms with E-state index in [1.54, 1.807) is 0 Å². The molecule has 0 aromatic rings. The smallest absolute Gasteiger partial charge is 0.407 e. The lowest BCUT2D eigenvalue weighted by molar-refractivity contribution is -0.227. The molecule has 1 amide bonds. The second-order valence-corrected chi connectivity index (χ2v) is 19.6. The summed E-state index contributed by atoms with van der Waals surface area (Å²) in [6, 6.07) is 0. The summed E-state index contributed by atoms with van der Waals surface area (Å²) in [6.07, 6.45) is 17.4. The Morgan fingerprint density at radius 3 is 2.02 bits per heavy atom. The molecule has 0 aliphatic heterocycles. The van der Waals surface area contributed by atoms with Crippen LogP contribution in [0.1, 0.15) is 138 Å². The molecule has 4 aliphatic carbocycles. The minimum atomic E-state index is -0.458. The quantitative estimate of drug-likeness (QED) is 0.0543. The molecule has 11 nitrogen and oxygen atoms in total. The number of rotatable bonds is 26. The van der Waals surface area contributed by atoms with Crippen LogP contribution in [0.3, 0.4) is 0 Å². The number of fused-ring (bicyclic) bond motifs is 5. The molecule has 0 bridgehead atoms. The number of unbranched alkanes of at least 4 members (excludes halogenated alkanes) is 1. The largest absolute Gasteiger partial charge is 0.444 e. The molecule has 0 heterocycles. The number of alkyl carbamates (subject to hydrolysis) is 1. The van der Waals surface area contributed by atoms with E-state index in [9.17, 15) is 4.79 Å². The summed E-state index contributed by atoms with van der Waals surface area (Å²) in [6.45, 7) is 22.5. The van der Waals surface area contributed by atoms with Crippen LogP contribution in [-0.4, -0.2) is 102 Å². The minimum absolute atomic E-state index is 0.141. The standard InChI is InChI=1S/C45H88N6O5/c1-33(14-9-24-49-22-7-8-23-50-25-13-26-51-42(52)56-43(2,3)4)36-15-16-37-41-38(32-40(45(36,37)6)55-29-12-21-48)44(5)18-17-35(53-27-10-19-46)30-34(44)31-39(41)54-28-11-20-47/h33-41,49-50H,7-32,46-48H2,1-6H3,(H,51,52)/t33-,34+,35-,36?,37+,38+,39-,40+,41+,44+,45-/m1/s1. The third kappa shape index (κ3) is 13.2. The first-order valence-corrected chi connectivity index (χ1v) is 23.2. The Balaban J connectivity index is 1.29. The van der Waals surface area contributed by atoms with Gasteiger partial charge in [-0.25, -0.2) is 4.79 Å². The van der Waals surface area contributed by atoms with Gasteiger partial charge in [0.15, 0.2) is 0 Å². The van der Waals surface area contributed by atoms with Crippen molar-refractivity contribution in [3.8, 4) is 0 Å². The molecule has 4 fully saturated rings. The number of amides is 1. The van der Waals surface area contributed by atoms with E-state index in [1.165, 1.54) is 38.5 Å². The molecule has 9 N–H and O–H groups in total. The third-order valence-electron chi connectivity index (χ3n) is 14.7. The molecule has 4 rings (SSSR count). The highest BCUT2D eigenvalue weighted by atomic mass is 16.6. The first-order chi connectivity index (χ1) is 26.9. The van der Waals surface area contributed by atoms with Gasteiger partial charge in [0.25, 0.3) is 0 Å². The predicted molar refractivity (Wildman–Crippen MR) is 228 cm³/mol. The number of carbonyl (C=O) groups is 1. The zero-order valence-electron chi connectivity index (χ0n) is 36.9. The lowest BCUT2D eigenvalue weighted by Gasteiger charge is -2.65. The van der Waals surface area contributed by atoms with Crippen LogP contribution in [0.5, 0.6) is 0 Å². The Bertz CT molecular complexity index is 1110. The molecular weight excluding hydrogens is 705 g/mol. The highest BCUT2D eigenvalue weighted by molar-refractivity contribution is 5.67. The highest BCUT2D eigenvalue weighted by Crippen LogP contribution is 2.69. The molecule has 0 saturated heterocycles. The van der Waals surface area contributed by atoms with E-state index in [0.717, 1.165) is 104 Å². The van der Waals surface area contributed by atoms with Gasteiger partial charge in [0.1, 0.15) is 5.60 Å². The van der Waals surface area contributed by atoms with Crippen molar-refractivity contribution in [2.75, 3.05) is 72.2 Å². The number of hydrogen-bond acceptors (Lipinski definition) is 10. The molecule has 0 radical (unpaired) electrons. The van der Waals surface area contributed by atoms with E-state index in [2.05, 4.69) is 36.7 Å². The molecule has 4 saturated carbocycles. The van der Waals surface area contributed by atoms with Gasteiger partial charge in [-0.2, -0.15) is 0 Å². The summed E-state index contributed by atoms with van der Waals surface area (Å²) in [4.78, 5) is 11.8. The molecular formula is C45H88N6O5. The summed E-state index contributed by atoms with van der Waals surface area (Å²) in [5.74, 6) is 3.71. The lowest BCUT2D eigenvalue weighted by Crippen LogP contribution is -2.63. The van der Waals surface area contributed by atoms with Gasteiger partial charge in [0.2, 0.25) is 0 Å². The molecule has 328 valence electrons. The molecule has 56 heavy (non-hydrogen) atoms. The van der Waals surface area contributed by atoms with Gasteiger partial charge in [-0.15, -0.1) is 0 Å². The van der Waals surface area contributed by atoms with Gasteiger partial charge >= 0.3 is 6.09 Å². The van der Waals surface area contributed by atoms with Crippen molar-refractivity contribution in [3.05, 3.63) is 0 Å². The van der Waals surface area contributed by atoms with E-state index in [0.29, 0.717) is 67.8 Å². The van der Waals surface area contributed by atoms with Crippen LogP contribution in [0.25, 0.3) is 0 Å². The number of nitrogens with two attached hydrogens (primary N) is 3. The molecule has 0 aromatic carbocycles. The zero-order valence-corrected chi connectivity index (χ0v) is 36.9. The fraction of sp³-hybridized carbons (Fsp3) is 0.978. The second-order valence-electron chi connectivity index (χ2n) is 19.6. The van der Waals surface area contributed by atoms with Gasteiger partial charge in [-0.3, -0.25) is 0 Å². The maximum absolute atomic E-state index is 11.8. The Hall–Kier alpha value is -1.05. The molecule has 4 aliphatic rings. The Kier molecular flexibility index (Phi) is 20.1. The van der Waals surface area contributed by atoms with E-state index in [-0.39, 0.29) is 29.1 Å². The van der Waals surface area contributed by atoms with Gasteiger partial charge in [0, 0.05) is 31.8 Å². The lowest BCUT2D eigenvalue weighted by atomic mass is 9.43. The zero-order chi connectivity index (χ0) is 40.6. The van der Waals surface area contributed by atoms with Crippen molar-refractivity contribution in [1.82, 2.24) is 16.0 Å². The number of hydrogen-bond donors (Lipinski definition) is 6. The average molecular weight is 793 g/mol. The average Bonchev–Trinajstić information content (AvgIpc) is 3.51. The van der Waals surface area contributed by atoms with Crippen LogP contribution in [0, 0.1) is 46.3 Å². The number of nitrogens with one attached hydrogen (secondary N) is 3. The molecule has 0 aromatic heterocycles. The summed E-state index contributed by atoms with van der Waals surface area (Å²) in [5.41, 5.74) is 17.8. The van der Waals surface area contributed by atoms with Crippen LogP contribution in [0.4, 0.5) is 4.79 Å². The SMILES string of the molecule is C[C@H](CCCNCCCCNCCCNC(=O)OC(C)(C)C)C1CC[C@H]2[C@@H]3[C@H](OCCCN)C[C@@H]4C[C@H](OCCCN)CC[C@]4(C)[C@H]3C[C@H](OCCCN)[C@]12C. The van der Waals surface area contributed by atoms with E-state index >= 15 is 0 Å². The van der Waals surface area contributed by atoms with E-state index < -0.39 is 5.60 Å². The van der Waals surface area contributed by atoms with Crippen LogP contribution >= 0.6 is 0 Å². The molecule has 11 atom stereocenters. The Labute approximate surface area is 342 Å². The normalized spacial score (nSPS) is 33.4. The molecule has 11 heteroatoms. The van der Waals surface area contributed by atoms with Crippen molar-refractivity contribution < 1.29 is 23.7 Å². The maximum atomic E-state index is 11.8. The van der Waals surface area contributed by atoms with Crippen molar-refractivity contribution in [2.45, 2.75) is 162 Å². The summed E-state index contributed by atoms with van der Waals surface area (Å²) in [5, 5.41) is 10.1. The molecule has 0 spiro atoms. The predicted octanol–water partition coefficient (Wildman–Crippen LogP) is 6.36. The third-order valence-corrected chi connectivity index (χ3v) is 14.7. The van der Waals surface area contributed by atoms with Crippen molar-refractivity contribution in [1.29, 1.82) is 0 Å². The first kappa shape index (κ1) is 47.6. The number of ether oxygens (including phenoxy) is 4. The number of carbonyl (C=O) groups excluding carboxylic acids is 1. The van der Waals surface area contributed by atoms with Crippen LogP contribution in [0.2, 0.25) is 0 Å². The van der Waals surface area contributed by atoms with Crippen molar-refractivity contribution in [3.63, 3.8) is 0 Å². The van der Waals surface area contributed by atoms with Crippen LogP contribution in [0.15, 0.2) is 0 Å². The van der Waals surface area contributed by atoms with Crippen LogP contribution < -0.4 is 33.2 Å². The van der Waals surface area contributed by atoms with Crippen molar-refractivity contribution >= 4 is 6.09 Å².